The summed E-state index contributed by atoms with van der Waals surface area (Å²) in [5.74, 6) is 0.851. The van der Waals surface area contributed by atoms with E-state index in [9.17, 15) is 4.79 Å². The first-order valence-corrected chi connectivity index (χ1v) is 11.1. The lowest BCUT2D eigenvalue weighted by Crippen LogP contribution is -2.31. The largest absolute Gasteiger partial charge is 0.361 e. The molecule has 4 rings (SSSR count). The van der Waals surface area contributed by atoms with Gasteiger partial charge in [-0.25, -0.2) is 4.68 Å². The van der Waals surface area contributed by atoms with Crippen molar-refractivity contribution >= 4 is 5.91 Å². The molecule has 6 heteroatoms. The Bertz CT molecular complexity index is 1050. The number of fused-ring (bicyclic) bond motifs is 1. The minimum atomic E-state index is 0.0171. The highest BCUT2D eigenvalue weighted by Gasteiger charge is 2.26. The van der Waals surface area contributed by atoms with Crippen LogP contribution < -0.4 is 5.32 Å². The van der Waals surface area contributed by atoms with Gasteiger partial charge in [-0.15, -0.1) is 0 Å². The Morgan fingerprint density at radius 3 is 2.61 bits per heavy atom. The van der Waals surface area contributed by atoms with Gasteiger partial charge in [0, 0.05) is 23.2 Å². The Morgan fingerprint density at radius 1 is 1.23 bits per heavy atom. The summed E-state index contributed by atoms with van der Waals surface area (Å²) in [5.41, 5.74) is 6.74. The standard InChI is InChI=1S/C25H32N4O2/c1-16-20(17(2)31-28-16)13-14-24(30)27-22-7-6-8-23-21(22)15-26-29(23)19-11-9-18(10-12-19)25(3,4)5/h9-12,15,22H,6-8,13-14H2,1-5H3,(H,27,30). The van der Waals surface area contributed by atoms with Crippen LogP contribution in [0, 0.1) is 13.8 Å². The van der Waals surface area contributed by atoms with Gasteiger partial charge in [0.2, 0.25) is 5.91 Å². The highest BCUT2D eigenvalue weighted by atomic mass is 16.5. The maximum absolute atomic E-state index is 12.7. The lowest BCUT2D eigenvalue weighted by Gasteiger charge is -2.24. The predicted octanol–water partition coefficient (Wildman–Crippen LogP) is 4.90. The van der Waals surface area contributed by atoms with Crippen molar-refractivity contribution in [3.63, 3.8) is 0 Å². The molecule has 164 valence electrons. The maximum Gasteiger partial charge on any atom is 0.220 e. The number of amides is 1. The summed E-state index contributed by atoms with van der Waals surface area (Å²) in [5, 5.41) is 11.9. The van der Waals surface area contributed by atoms with Crippen molar-refractivity contribution < 1.29 is 9.32 Å². The molecule has 0 saturated heterocycles. The van der Waals surface area contributed by atoms with E-state index in [1.807, 2.05) is 24.7 Å². The molecule has 2 aromatic heterocycles. The number of hydrogen-bond acceptors (Lipinski definition) is 4. The van der Waals surface area contributed by atoms with Crippen molar-refractivity contribution in [2.24, 2.45) is 0 Å². The van der Waals surface area contributed by atoms with Crippen LogP contribution in [0.2, 0.25) is 0 Å². The molecule has 0 spiro atoms. The quantitative estimate of drug-likeness (QED) is 0.637. The van der Waals surface area contributed by atoms with E-state index in [1.165, 1.54) is 11.3 Å². The Hall–Kier alpha value is -2.89. The average Bonchev–Trinajstić information content (AvgIpc) is 3.30. The van der Waals surface area contributed by atoms with Crippen molar-refractivity contribution in [1.29, 1.82) is 0 Å². The van der Waals surface area contributed by atoms with Crippen LogP contribution >= 0.6 is 0 Å². The Morgan fingerprint density at radius 2 is 1.97 bits per heavy atom. The summed E-state index contributed by atoms with van der Waals surface area (Å²) in [7, 11) is 0. The lowest BCUT2D eigenvalue weighted by molar-refractivity contribution is -0.121. The zero-order chi connectivity index (χ0) is 22.2. The second-order valence-electron chi connectivity index (χ2n) is 9.57. The molecule has 1 aliphatic carbocycles. The van der Waals surface area contributed by atoms with Gasteiger partial charge in [0.05, 0.1) is 23.6 Å². The zero-order valence-electron chi connectivity index (χ0n) is 19.2. The van der Waals surface area contributed by atoms with Gasteiger partial charge < -0.3 is 9.84 Å². The van der Waals surface area contributed by atoms with E-state index in [1.54, 1.807) is 0 Å². The minimum absolute atomic E-state index is 0.0171. The van der Waals surface area contributed by atoms with E-state index < -0.39 is 0 Å². The number of nitrogens with one attached hydrogen (secondary N) is 1. The van der Waals surface area contributed by atoms with Gasteiger partial charge in [0.25, 0.3) is 0 Å². The summed E-state index contributed by atoms with van der Waals surface area (Å²) in [6.45, 7) is 10.5. The summed E-state index contributed by atoms with van der Waals surface area (Å²) in [4.78, 5) is 12.7. The zero-order valence-corrected chi connectivity index (χ0v) is 19.2. The number of hydrogen-bond donors (Lipinski definition) is 1. The summed E-state index contributed by atoms with van der Waals surface area (Å²) < 4.78 is 7.23. The van der Waals surface area contributed by atoms with E-state index in [4.69, 9.17) is 4.52 Å². The fraction of sp³-hybridized carbons (Fsp3) is 0.480. The second-order valence-corrected chi connectivity index (χ2v) is 9.57. The van der Waals surface area contributed by atoms with Gasteiger partial charge >= 0.3 is 0 Å². The van der Waals surface area contributed by atoms with Crippen molar-refractivity contribution in [3.8, 4) is 5.69 Å². The normalized spacial score (nSPS) is 16.2. The second kappa shape index (κ2) is 8.33. The molecule has 1 atom stereocenters. The van der Waals surface area contributed by atoms with Gasteiger partial charge in [-0.3, -0.25) is 4.79 Å². The van der Waals surface area contributed by atoms with Gasteiger partial charge in [0.15, 0.2) is 0 Å². The first-order valence-electron chi connectivity index (χ1n) is 11.1. The molecule has 2 heterocycles. The van der Waals surface area contributed by atoms with Gasteiger partial charge in [-0.1, -0.05) is 38.1 Å². The lowest BCUT2D eigenvalue weighted by atomic mass is 9.87. The van der Waals surface area contributed by atoms with Crippen molar-refractivity contribution in [3.05, 3.63) is 64.3 Å². The molecular formula is C25H32N4O2. The number of benzene rings is 1. The molecule has 1 aliphatic rings. The molecule has 0 radical (unpaired) electrons. The first-order chi connectivity index (χ1) is 14.7. The number of rotatable bonds is 5. The van der Waals surface area contributed by atoms with Crippen molar-refractivity contribution in [2.45, 2.75) is 78.2 Å². The summed E-state index contributed by atoms with van der Waals surface area (Å²) in [6.07, 6.45) is 5.95. The summed E-state index contributed by atoms with van der Waals surface area (Å²) >= 11 is 0. The first kappa shape index (κ1) is 21.3. The molecule has 1 aromatic carbocycles. The van der Waals surface area contributed by atoms with E-state index >= 15 is 0 Å². The fourth-order valence-electron chi connectivity index (χ4n) is 4.40. The third-order valence-electron chi connectivity index (χ3n) is 6.28. The number of carbonyl (C=O) groups is 1. The van der Waals surface area contributed by atoms with Crippen LogP contribution in [0.15, 0.2) is 35.0 Å². The van der Waals surface area contributed by atoms with E-state index in [2.05, 4.69) is 60.6 Å². The monoisotopic (exact) mass is 420 g/mol. The van der Waals surface area contributed by atoms with Crippen LogP contribution in [0.25, 0.3) is 5.69 Å². The van der Waals surface area contributed by atoms with Crippen LogP contribution in [-0.2, 0) is 23.1 Å². The Labute approximate surface area is 184 Å². The highest BCUT2D eigenvalue weighted by molar-refractivity contribution is 5.76. The maximum atomic E-state index is 12.7. The van der Waals surface area contributed by atoms with Crippen molar-refractivity contribution in [1.82, 2.24) is 20.3 Å². The van der Waals surface area contributed by atoms with Crippen LogP contribution in [0.5, 0.6) is 0 Å². The van der Waals surface area contributed by atoms with Crippen LogP contribution in [-0.4, -0.2) is 20.8 Å². The topological polar surface area (TPSA) is 73.0 Å². The van der Waals surface area contributed by atoms with Gasteiger partial charge in [-0.05, 0) is 62.6 Å². The SMILES string of the molecule is Cc1noc(C)c1CCC(=O)NC1CCCc2c1cnn2-c1ccc(C(C)(C)C)cc1. The number of nitrogens with zero attached hydrogens (tertiary/aromatic N) is 3. The van der Waals surface area contributed by atoms with E-state index in [0.717, 1.165) is 47.5 Å². The van der Waals surface area contributed by atoms with Gasteiger partial charge in [-0.2, -0.15) is 5.10 Å². The highest BCUT2D eigenvalue weighted by Crippen LogP contribution is 2.32. The minimum Gasteiger partial charge on any atom is -0.361 e. The van der Waals surface area contributed by atoms with Crippen molar-refractivity contribution in [2.75, 3.05) is 0 Å². The molecule has 0 aliphatic heterocycles. The summed E-state index contributed by atoms with van der Waals surface area (Å²) in [6, 6.07) is 8.66. The number of aryl methyl sites for hydroxylation is 2. The Kier molecular flexibility index (Phi) is 5.73. The average molecular weight is 421 g/mol. The van der Waals surface area contributed by atoms with E-state index in [-0.39, 0.29) is 17.4 Å². The molecule has 31 heavy (non-hydrogen) atoms. The molecule has 1 unspecified atom stereocenters. The molecular weight excluding hydrogens is 388 g/mol. The molecule has 0 fully saturated rings. The molecule has 1 amide bonds. The molecule has 0 bridgehead atoms. The van der Waals surface area contributed by atoms with Crippen LogP contribution in [0.4, 0.5) is 0 Å². The molecule has 0 saturated carbocycles. The molecule has 6 nitrogen and oxygen atoms in total. The molecule has 1 N–H and O–H groups in total. The van der Waals surface area contributed by atoms with Crippen LogP contribution in [0.1, 0.15) is 79.9 Å². The smallest absolute Gasteiger partial charge is 0.220 e. The Balaban J connectivity index is 1.47. The third-order valence-corrected chi connectivity index (χ3v) is 6.28. The van der Waals surface area contributed by atoms with E-state index in [0.29, 0.717) is 12.8 Å². The van der Waals surface area contributed by atoms with Crippen LogP contribution in [0.3, 0.4) is 0 Å². The predicted molar refractivity (Wildman–Crippen MR) is 120 cm³/mol. The fourth-order valence-corrected chi connectivity index (χ4v) is 4.40. The third kappa shape index (κ3) is 4.43. The number of carbonyl (C=O) groups excluding carboxylic acids is 1. The molecule has 3 aromatic rings. The van der Waals surface area contributed by atoms with Gasteiger partial charge in [0.1, 0.15) is 5.76 Å². The number of aromatic nitrogens is 3.